The Bertz CT molecular complexity index is 500. The average Bonchev–Trinajstić information content (AvgIpc) is 2.76. The minimum absolute atomic E-state index is 0.0349. The molecule has 1 atom stereocenters. The molecular formula is C14H16ClNO3. The van der Waals surface area contributed by atoms with E-state index in [0.29, 0.717) is 18.0 Å². The van der Waals surface area contributed by atoms with Crippen molar-refractivity contribution in [2.45, 2.75) is 19.8 Å². The summed E-state index contributed by atoms with van der Waals surface area (Å²) in [4.78, 5) is 24.9. The number of aliphatic carboxylic acids is 1. The van der Waals surface area contributed by atoms with E-state index in [4.69, 9.17) is 16.7 Å². The van der Waals surface area contributed by atoms with Crippen LogP contribution in [0.4, 0.5) is 0 Å². The van der Waals surface area contributed by atoms with E-state index in [1.807, 2.05) is 12.1 Å². The molecule has 0 bridgehead atoms. The van der Waals surface area contributed by atoms with Crippen LogP contribution in [0, 0.1) is 5.41 Å². The van der Waals surface area contributed by atoms with E-state index in [1.165, 1.54) is 0 Å². The van der Waals surface area contributed by atoms with Crippen molar-refractivity contribution in [3.63, 3.8) is 0 Å². The SMILES string of the molecule is CC1(C(=O)O)CCN(C(=O)Cc2ccc(Cl)cc2)C1. The topological polar surface area (TPSA) is 57.6 Å². The van der Waals surface area contributed by atoms with Crippen molar-refractivity contribution < 1.29 is 14.7 Å². The standard InChI is InChI=1S/C14H16ClNO3/c1-14(13(18)19)6-7-16(9-14)12(17)8-10-2-4-11(15)5-3-10/h2-5H,6-9H2,1H3,(H,18,19). The van der Waals surface area contributed by atoms with E-state index in [0.717, 1.165) is 5.56 Å². The number of benzene rings is 1. The Hall–Kier alpha value is -1.55. The first-order chi connectivity index (χ1) is 8.90. The van der Waals surface area contributed by atoms with Crippen LogP contribution in [0.3, 0.4) is 0 Å². The molecule has 0 aromatic heterocycles. The van der Waals surface area contributed by atoms with Gasteiger partial charge in [-0.05, 0) is 31.0 Å². The van der Waals surface area contributed by atoms with Gasteiger partial charge in [-0.15, -0.1) is 0 Å². The molecule has 1 fully saturated rings. The van der Waals surface area contributed by atoms with E-state index in [1.54, 1.807) is 24.0 Å². The third kappa shape index (κ3) is 3.07. The maximum atomic E-state index is 12.1. The zero-order chi connectivity index (χ0) is 14.0. The van der Waals surface area contributed by atoms with Gasteiger partial charge in [0.2, 0.25) is 5.91 Å². The summed E-state index contributed by atoms with van der Waals surface area (Å²) >= 11 is 5.79. The molecule has 1 aliphatic rings. The summed E-state index contributed by atoms with van der Waals surface area (Å²) in [6.07, 6.45) is 0.793. The van der Waals surface area contributed by atoms with Gasteiger partial charge < -0.3 is 10.0 Å². The van der Waals surface area contributed by atoms with Crippen LogP contribution in [0.15, 0.2) is 24.3 Å². The van der Waals surface area contributed by atoms with Gasteiger partial charge in [0.05, 0.1) is 11.8 Å². The van der Waals surface area contributed by atoms with Gasteiger partial charge in [-0.3, -0.25) is 9.59 Å². The number of hydrogen-bond donors (Lipinski definition) is 1. The Morgan fingerprint density at radius 3 is 2.53 bits per heavy atom. The van der Waals surface area contributed by atoms with Gasteiger partial charge in [0.15, 0.2) is 0 Å². The summed E-state index contributed by atoms with van der Waals surface area (Å²) in [7, 11) is 0. The molecule has 1 amide bonds. The second-order valence-electron chi connectivity index (χ2n) is 5.23. The van der Waals surface area contributed by atoms with E-state index in [9.17, 15) is 9.59 Å². The Morgan fingerprint density at radius 1 is 1.37 bits per heavy atom. The van der Waals surface area contributed by atoms with Crippen molar-refractivity contribution in [2.75, 3.05) is 13.1 Å². The molecule has 102 valence electrons. The van der Waals surface area contributed by atoms with Crippen LogP contribution in [0.5, 0.6) is 0 Å². The second kappa shape index (κ2) is 5.21. The average molecular weight is 282 g/mol. The number of carboxylic acid groups (broad SMARTS) is 1. The molecule has 5 heteroatoms. The Labute approximate surface area is 117 Å². The Kier molecular flexibility index (Phi) is 3.80. The number of carbonyl (C=O) groups excluding carboxylic acids is 1. The molecule has 1 heterocycles. The number of hydrogen-bond acceptors (Lipinski definition) is 2. The molecule has 19 heavy (non-hydrogen) atoms. The van der Waals surface area contributed by atoms with Gasteiger partial charge >= 0.3 is 5.97 Å². The van der Waals surface area contributed by atoms with Crippen LogP contribution in [0.1, 0.15) is 18.9 Å². The molecule has 1 unspecified atom stereocenters. The van der Waals surface area contributed by atoms with Crippen molar-refractivity contribution in [2.24, 2.45) is 5.41 Å². The van der Waals surface area contributed by atoms with Crippen LogP contribution in [0.2, 0.25) is 5.02 Å². The second-order valence-corrected chi connectivity index (χ2v) is 5.67. The lowest BCUT2D eigenvalue weighted by Crippen LogP contribution is -2.35. The minimum Gasteiger partial charge on any atom is -0.481 e. The Balaban J connectivity index is 1.98. The molecule has 2 rings (SSSR count). The fraction of sp³-hybridized carbons (Fsp3) is 0.429. The molecule has 0 spiro atoms. The maximum absolute atomic E-state index is 12.1. The van der Waals surface area contributed by atoms with Crippen LogP contribution >= 0.6 is 11.6 Å². The van der Waals surface area contributed by atoms with Gasteiger partial charge in [0.1, 0.15) is 0 Å². The van der Waals surface area contributed by atoms with Gasteiger partial charge in [-0.1, -0.05) is 23.7 Å². The highest BCUT2D eigenvalue weighted by Crippen LogP contribution is 2.30. The molecule has 1 aromatic rings. The summed E-state index contributed by atoms with van der Waals surface area (Å²) in [5.41, 5.74) is 0.0775. The third-order valence-corrected chi connectivity index (χ3v) is 3.86. The highest BCUT2D eigenvalue weighted by molar-refractivity contribution is 6.30. The molecule has 1 aliphatic heterocycles. The fourth-order valence-corrected chi connectivity index (χ4v) is 2.36. The molecule has 1 N–H and O–H groups in total. The lowest BCUT2D eigenvalue weighted by atomic mass is 9.90. The first-order valence-electron chi connectivity index (χ1n) is 6.16. The molecule has 0 saturated carbocycles. The van der Waals surface area contributed by atoms with Gasteiger partial charge in [-0.2, -0.15) is 0 Å². The largest absolute Gasteiger partial charge is 0.481 e. The van der Waals surface area contributed by atoms with Crippen LogP contribution in [0.25, 0.3) is 0 Å². The zero-order valence-electron chi connectivity index (χ0n) is 10.7. The number of nitrogens with zero attached hydrogens (tertiary/aromatic N) is 1. The number of halogens is 1. The molecular weight excluding hydrogens is 266 g/mol. The van der Waals surface area contributed by atoms with Crippen LogP contribution < -0.4 is 0 Å². The van der Waals surface area contributed by atoms with Gasteiger partial charge in [0.25, 0.3) is 0 Å². The van der Waals surface area contributed by atoms with Crippen molar-refractivity contribution in [1.29, 1.82) is 0 Å². The van der Waals surface area contributed by atoms with Crippen LogP contribution in [-0.4, -0.2) is 35.0 Å². The van der Waals surface area contributed by atoms with E-state index >= 15 is 0 Å². The summed E-state index contributed by atoms with van der Waals surface area (Å²) in [5, 5.41) is 9.77. The summed E-state index contributed by atoms with van der Waals surface area (Å²) < 4.78 is 0. The van der Waals surface area contributed by atoms with Gasteiger partial charge in [-0.25, -0.2) is 0 Å². The highest BCUT2D eigenvalue weighted by atomic mass is 35.5. The summed E-state index contributed by atoms with van der Waals surface area (Å²) in [6.45, 7) is 2.48. The predicted octanol–water partition coefficient (Wildman–Crippen LogP) is 2.21. The van der Waals surface area contributed by atoms with Gasteiger partial charge in [0, 0.05) is 18.1 Å². The molecule has 0 aliphatic carbocycles. The van der Waals surface area contributed by atoms with Crippen LogP contribution in [-0.2, 0) is 16.0 Å². The third-order valence-electron chi connectivity index (χ3n) is 3.61. The maximum Gasteiger partial charge on any atom is 0.311 e. The van der Waals surface area contributed by atoms with E-state index < -0.39 is 11.4 Å². The van der Waals surface area contributed by atoms with Crippen molar-refractivity contribution in [1.82, 2.24) is 4.90 Å². The lowest BCUT2D eigenvalue weighted by Gasteiger charge is -2.20. The molecule has 1 aromatic carbocycles. The smallest absolute Gasteiger partial charge is 0.311 e. The Morgan fingerprint density at radius 2 is 2.00 bits per heavy atom. The first kappa shape index (κ1) is 13.9. The predicted molar refractivity (Wildman–Crippen MR) is 72.1 cm³/mol. The molecule has 1 saturated heterocycles. The van der Waals surface area contributed by atoms with Crippen molar-refractivity contribution in [3.05, 3.63) is 34.9 Å². The monoisotopic (exact) mass is 281 g/mol. The molecule has 0 radical (unpaired) electrons. The van der Waals surface area contributed by atoms with E-state index in [2.05, 4.69) is 0 Å². The highest BCUT2D eigenvalue weighted by Gasteiger charge is 2.41. The normalized spacial score (nSPS) is 22.5. The number of carboxylic acids is 1. The zero-order valence-corrected chi connectivity index (χ0v) is 11.5. The van der Waals surface area contributed by atoms with E-state index in [-0.39, 0.29) is 18.9 Å². The fourth-order valence-electron chi connectivity index (χ4n) is 2.24. The first-order valence-corrected chi connectivity index (χ1v) is 6.54. The number of likely N-dealkylation sites (tertiary alicyclic amines) is 1. The quantitative estimate of drug-likeness (QED) is 0.924. The number of amides is 1. The summed E-state index contributed by atoms with van der Waals surface area (Å²) in [5.74, 6) is -0.874. The van der Waals surface area contributed by atoms with Crippen molar-refractivity contribution in [3.8, 4) is 0 Å². The number of carbonyl (C=O) groups is 2. The summed E-state index contributed by atoms with van der Waals surface area (Å²) in [6, 6.07) is 7.12. The molecule has 4 nitrogen and oxygen atoms in total. The minimum atomic E-state index is -0.839. The van der Waals surface area contributed by atoms with Crippen molar-refractivity contribution >= 4 is 23.5 Å². The number of rotatable bonds is 3. The lowest BCUT2D eigenvalue weighted by molar-refractivity contribution is -0.147.